The molecule has 0 aromatic carbocycles. The van der Waals surface area contributed by atoms with Gasteiger partial charge in [0.25, 0.3) is 0 Å². The van der Waals surface area contributed by atoms with Gasteiger partial charge < -0.3 is 4.43 Å². The van der Waals surface area contributed by atoms with E-state index in [1.165, 1.54) is 5.56 Å². The third kappa shape index (κ3) is 4.19. The fourth-order valence-corrected chi connectivity index (χ4v) is 2.36. The number of hydrogen-bond donors (Lipinski definition) is 0. The van der Waals surface area contributed by atoms with E-state index >= 15 is 0 Å². The smallest absolute Gasteiger partial charge is 0.192 e. The molecule has 0 spiro atoms. The molecule has 0 saturated carbocycles. The first-order valence-corrected chi connectivity index (χ1v) is 9.93. The molecule has 0 atom stereocenters. The van der Waals surface area contributed by atoms with Crippen LogP contribution in [-0.4, -0.2) is 13.3 Å². The molecule has 0 aliphatic rings. The first-order valence-electron chi connectivity index (χ1n) is 5.90. The minimum Gasteiger partial charge on any atom is -0.411 e. The lowest BCUT2D eigenvalue weighted by Crippen LogP contribution is -2.40. The second-order valence-corrected chi connectivity index (χ2v) is 11.2. The highest BCUT2D eigenvalue weighted by atomic mass is 79.9. The fraction of sp³-hybridized carbons (Fsp3) is 0.615. The van der Waals surface area contributed by atoms with Crippen molar-refractivity contribution in [2.24, 2.45) is 0 Å². The van der Waals surface area contributed by atoms with E-state index in [9.17, 15) is 0 Å². The van der Waals surface area contributed by atoms with Crippen molar-refractivity contribution in [3.63, 3.8) is 0 Å². The quantitative estimate of drug-likeness (QED) is 0.603. The summed E-state index contributed by atoms with van der Waals surface area (Å²) >= 11 is 3.41. The van der Waals surface area contributed by atoms with Crippen molar-refractivity contribution in [3.8, 4) is 0 Å². The molecule has 0 unspecified atom stereocenters. The number of alkyl halides is 1. The zero-order valence-corrected chi connectivity index (χ0v) is 14.0. The molecule has 1 rings (SSSR count). The van der Waals surface area contributed by atoms with Crippen molar-refractivity contribution < 1.29 is 4.43 Å². The molecule has 0 radical (unpaired) electrons. The molecule has 0 bridgehead atoms. The van der Waals surface area contributed by atoms with Crippen LogP contribution in [-0.2, 0) is 16.4 Å². The molecule has 0 N–H and O–H groups in total. The van der Waals surface area contributed by atoms with E-state index in [1.807, 2.05) is 12.3 Å². The summed E-state index contributed by atoms with van der Waals surface area (Å²) in [6.07, 6.45) is 1.90. The van der Waals surface area contributed by atoms with E-state index in [-0.39, 0.29) is 5.04 Å². The number of aromatic nitrogens is 1. The van der Waals surface area contributed by atoms with Gasteiger partial charge in [0, 0.05) is 11.5 Å². The molecule has 1 aromatic rings. The molecule has 0 aliphatic heterocycles. The molecule has 96 valence electrons. The highest BCUT2D eigenvalue weighted by Gasteiger charge is 2.37. The van der Waals surface area contributed by atoms with Gasteiger partial charge in [0.2, 0.25) is 0 Å². The third-order valence-corrected chi connectivity index (χ3v) is 8.55. The van der Waals surface area contributed by atoms with Gasteiger partial charge in [-0.15, -0.1) is 0 Å². The van der Waals surface area contributed by atoms with Crippen LogP contribution in [0.3, 0.4) is 0 Å². The van der Waals surface area contributed by atoms with Gasteiger partial charge in [-0.05, 0) is 29.8 Å². The normalized spacial score (nSPS) is 12.8. The second-order valence-electron chi connectivity index (χ2n) is 5.84. The van der Waals surface area contributed by atoms with Gasteiger partial charge >= 0.3 is 0 Å². The first-order chi connectivity index (χ1) is 7.76. The van der Waals surface area contributed by atoms with Crippen molar-refractivity contribution in [2.45, 2.75) is 50.8 Å². The maximum Gasteiger partial charge on any atom is 0.192 e. The maximum atomic E-state index is 6.12. The SMILES string of the molecule is CC(C)(C)[Si](C)(C)OCc1ccc(CBr)cn1. The number of hydrogen-bond acceptors (Lipinski definition) is 2. The minimum absolute atomic E-state index is 0.253. The number of pyridine rings is 1. The fourth-order valence-electron chi connectivity index (χ4n) is 1.09. The van der Waals surface area contributed by atoms with Crippen LogP contribution in [0.5, 0.6) is 0 Å². The summed E-state index contributed by atoms with van der Waals surface area (Å²) in [5.74, 6) is 0. The van der Waals surface area contributed by atoms with Crippen LogP contribution >= 0.6 is 15.9 Å². The van der Waals surface area contributed by atoms with Crippen molar-refractivity contribution in [2.75, 3.05) is 0 Å². The Labute approximate surface area is 114 Å². The van der Waals surface area contributed by atoms with Gasteiger partial charge in [0.05, 0.1) is 12.3 Å². The summed E-state index contributed by atoms with van der Waals surface area (Å²) in [6, 6.07) is 4.13. The van der Waals surface area contributed by atoms with Gasteiger partial charge in [0.15, 0.2) is 8.32 Å². The predicted octanol–water partition coefficient (Wildman–Crippen LogP) is 4.50. The Morgan fingerprint density at radius 1 is 1.29 bits per heavy atom. The van der Waals surface area contributed by atoms with Crippen molar-refractivity contribution in [1.29, 1.82) is 0 Å². The summed E-state index contributed by atoms with van der Waals surface area (Å²) in [7, 11) is -1.66. The van der Waals surface area contributed by atoms with E-state index in [0.717, 1.165) is 11.0 Å². The minimum atomic E-state index is -1.66. The molecular formula is C13H22BrNOSi. The Hall–Kier alpha value is -0.193. The van der Waals surface area contributed by atoms with Gasteiger partial charge in [0.1, 0.15) is 0 Å². The van der Waals surface area contributed by atoms with E-state index < -0.39 is 8.32 Å². The van der Waals surface area contributed by atoms with E-state index in [0.29, 0.717) is 6.61 Å². The zero-order valence-electron chi connectivity index (χ0n) is 11.4. The van der Waals surface area contributed by atoms with Gasteiger partial charge in [-0.3, -0.25) is 4.98 Å². The standard InChI is InChI=1S/C13H22BrNOSi/c1-13(2,3)17(4,5)16-10-12-7-6-11(8-14)9-15-12/h6-7,9H,8,10H2,1-5H3. The van der Waals surface area contributed by atoms with Gasteiger partial charge in [-0.25, -0.2) is 0 Å². The highest BCUT2D eigenvalue weighted by Crippen LogP contribution is 2.36. The second kappa shape index (κ2) is 5.63. The summed E-state index contributed by atoms with van der Waals surface area (Å²) in [6.45, 7) is 11.9. The van der Waals surface area contributed by atoms with Gasteiger partial charge in [-0.1, -0.05) is 42.8 Å². The molecule has 1 aromatic heterocycles. The molecule has 0 amide bonds. The van der Waals surface area contributed by atoms with Crippen LogP contribution in [0.2, 0.25) is 18.1 Å². The molecule has 17 heavy (non-hydrogen) atoms. The Morgan fingerprint density at radius 3 is 2.35 bits per heavy atom. The van der Waals surface area contributed by atoms with Crippen LogP contribution < -0.4 is 0 Å². The Morgan fingerprint density at radius 2 is 1.94 bits per heavy atom. The van der Waals surface area contributed by atoms with Crippen LogP contribution in [0.1, 0.15) is 32.0 Å². The number of nitrogens with zero attached hydrogens (tertiary/aromatic N) is 1. The molecule has 2 nitrogen and oxygen atoms in total. The maximum absolute atomic E-state index is 6.12. The monoisotopic (exact) mass is 315 g/mol. The van der Waals surface area contributed by atoms with E-state index in [2.05, 4.69) is 60.8 Å². The lowest BCUT2D eigenvalue weighted by atomic mass is 10.2. The van der Waals surface area contributed by atoms with Crippen molar-refractivity contribution in [1.82, 2.24) is 4.98 Å². The van der Waals surface area contributed by atoms with Crippen LogP contribution in [0.25, 0.3) is 0 Å². The lowest BCUT2D eigenvalue weighted by molar-refractivity contribution is 0.272. The Bertz CT molecular complexity index is 357. The van der Waals surface area contributed by atoms with E-state index in [1.54, 1.807) is 0 Å². The molecule has 1 heterocycles. The Balaban J connectivity index is 2.61. The number of halogens is 1. The molecule has 4 heteroatoms. The average Bonchev–Trinajstić information content (AvgIpc) is 2.25. The van der Waals surface area contributed by atoms with Crippen LogP contribution in [0, 0.1) is 0 Å². The largest absolute Gasteiger partial charge is 0.411 e. The molecular weight excluding hydrogens is 294 g/mol. The summed E-state index contributed by atoms with van der Waals surface area (Å²) < 4.78 is 6.12. The summed E-state index contributed by atoms with van der Waals surface area (Å²) in [4.78, 5) is 4.40. The highest BCUT2D eigenvalue weighted by molar-refractivity contribution is 9.08. The molecule has 0 saturated heterocycles. The molecule has 0 fully saturated rings. The zero-order chi connectivity index (χ0) is 13.1. The first kappa shape index (κ1) is 14.9. The lowest BCUT2D eigenvalue weighted by Gasteiger charge is -2.36. The van der Waals surface area contributed by atoms with Crippen LogP contribution in [0.4, 0.5) is 0 Å². The Kier molecular flexibility index (Phi) is 4.92. The van der Waals surface area contributed by atoms with Crippen molar-refractivity contribution >= 4 is 24.2 Å². The van der Waals surface area contributed by atoms with E-state index in [4.69, 9.17) is 4.43 Å². The van der Waals surface area contributed by atoms with Gasteiger partial charge in [-0.2, -0.15) is 0 Å². The van der Waals surface area contributed by atoms with Crippen LogP contribution in [0.15, 0.2) is 18.3 Å². The topological polar surface area (TPSA) is 22.1 Å². The third-order valence-electron chi connectivity index (χ3n) is 3.43. The summed E-state index contributed by atoms with van der Waals surface area (Å²) in [5.41, 5.74) is 2.21. The van der Waals surface area contributed by atoms with Crippen molar-refractivity contribution in [3.05, 3.63) is 29.6 Å². The molecule has 0 aliphatic carbocycles. The summed E-state index contributed by atoms with van der Waals surface area (Å²) in [5, 5.41) is 1.10. The number of rotatable bonds is 4. The predicted molar refractivity (Wildman–Crippen MR) is 78.9 cm³/mol. The average molecular weight is 316 g/mol.